The molecule has 0 N–H and O–H groups in total. The second-order valence-corrected chi connectivity index (χ2v) is 14.6. The van der Waals surface area contributed by atoms with Crippen molar-refractivity contribution >= 4 is 50.8 Å². The summed E-state index contributed by atoms with van der Waals surface area (Å²) in [7, 11) is 0. The van der Waals surface area contributed by atoms with Crippen molar-refractivity contribution in [1.29, 1.82) is 0 Å². The summed E-state index contributed by atoms with van der Waals surface area (Å²) >= 11 is 23.1. The van der Waals surface area contributed by atoms with Gasteiger partial charge in [0.25, 0.3) is 0 Å². The average Bonchev–Trinajstić information content (AvgIpc) is 2.29. The molecule has 0 amide bonds. The molecule has 0 saturated heterocycles. The summed E-state index contributed by atoms with van der Waals surface area (Å²) in [6.45, 7) is 0. The van der Waals surface area contributed by atoms with Crippen molar-refractivity contribution in [3.8, 4) is 0 Å². The maximum absolute atomic E-state index is 5.83. The molecule has 0 rings (SSSR count). The standard InChI is InChI=1S/C13H26Cl4Si/c14-12-10-8-6-4-2-1-3-5-7-9-11-13-18(15,16)17/h1-13H2. The third-order valence-electron chi connectivity index (χ3n) is 3.09. The molecule has 0 nitrogen and oxygen atoms in total. The molecule has 0 heterocycles. The van der Waals surface area contributed by atoms with Gasteiger partial charge in [0.05, 0.1) is 0 Å². The third-order valence-corrected chi connectivity index (χ3v) is 5.98. The Balaban J connectivity index is 2.99. The van der Waals surface area contributed by atoms with Crippen LogP contribution in [0.3, 0.4) is 0 Å². The van der Waals surface area contributed by atoms with Crippen molar-refractivity contribution in [2.45, 2.75) is 76.7 Å². The van der Waals surface area contributed by atoms with Gasteiger partial charge in [-0.2, -0.15) is 0 Å². The van der Waals surface area contributed by atoms with Crippen molar-refractivity contribution in [2.24, 2.45) is 0 Å². The number of hydrogen-bond donors (Lipinski definition) is 0. The summed E-state index contributed by atoms with van der Waals surface area (Å²) in [4.78, 5) is 0. The zero-order chi connectivity index (χ0) is 13.7. The number of halogens is 4. The summed E-state index contributed by atoms with van der Waals surface area (Å²) in [5.74, 6) is 0.817. The molecule has 0 aromatic heterocycles. The first-order valence-electron chi connectivity index (χ1n) is 7.19. The summed E-state index contributed by atoms with van der Waals surface area (Å²) in [6.07, 6.45) is 14.2. The average molecular weight is 352 g/mol. The van der Waals surface area contributed by atoms with Crippen LogP contribution >= 0.6 is 44.8 Å². The van der Waals surface area contributed by atoms with E-state index in [4.69, 9.17) is 44.8 Å². The number of alkyl halides is 1. The lowest BCUT2D eigenvalue weighted by molar-refractivity contribution is 0.554. The Morgan fingerprint density at radius 1 is 0.500 bits per heavy atom. The SMILES string of the molecule is ClCCCCCCCCCCCCC[Si](Cl)(Cl)Cl. The van der Waals surface area contributed by atoms with E-state index in [-0.39, 0.29) is 0 Å². The first kappa shape index (κ1) is 19.4. The maximum Gasteiger partial charge on any atom is 0.341 e. The molecule has 0 saturated carbocycles. The largest absolute Gasteiger partial charge is 0.341 e. The van der Waals surface area contributed by atoms with Crippen molar-refractivity contribution < 1.29 is 0 Å². The minimum atomic E-state index is -2.35. The predicted molar refractivity (Wildman–Crippen MR) is 89.6 cm³/mol. The van der Waals surface area contributed by atoms with Crippen LogP contribution in [0.5, 0.6) is 0 Å². The fourth-order valence-corrected chi connectivity index (χ4v) is 4.05. The summed E-state index contributed by atoms with van der Waals surface area (Å²) in [5.41, 5.74) is 0. The summed E-state index contributed by atoms with van der Waals surface area (Å²) in [5, 5.41) is 0. The highest BCUT2D eigenvalue weighted by Gasteiger charge is 2.23. The van der Waals surface area contributed by atoms with E-state index in [0.29, 0.717) is 0 Å². The summed E-state index contributed by atoms with van der Waals surface area (Å²) in [6, 6.07) is -1.53. The monoisotopic (exact) mass is 350 g/mol. The minimum absolute atomic E-state index is 0.817. The normalized spacial score (nSPS) is 12.0. The number of rotatable bonds is 13. The fourth-order valence-electron chi connectivity index (χ4n) is 2.01. The van der Waals surface area contributed by atoms with E-state index >= 15 is 0 Å². The summed E-state index contributed by atoms with van der Waals surface area (Å²) < 4.78 is 0. The highest BCUT2D eigenvalue weighted by Crippen LogP contribution is 2.27. The maximum atomic E-state index is 5.83. The van der Waals surface area contributed by atoms with Gasteiger partial charge < -0.3 is 0 Å². The molecule has 0 aliphatic rings. The van der Waals surface area contributed by atoms with Gasteiger partial charge in [0.1, 0.15) is 0 Å². The molecule has 0 aromatic carbocycles. The molecule has 18 heavy (non-hydrogen) atoms. The van der Waals surface area contributed by atoms with Crippen LogP contribution in [0.25, 0.3) is 0 Å². The molecule has 110 valence electrons. The molecule has 0 aliphatic heterocycles. The van der Waals surface area contributed by atoms with E-state index in [1.807, 2.05) is 0 Å². The van der Waals surface area contributed by atoms with E-state index in [1.165, 1.54) is 64.2 Å². The molecular formula is C13H26Cl4Si. The van der Waals surface area contributed by atoms with E-state index < -0.39 is 6.00 Å². The Labute approximate surface area is 133 Å². The highest BCUT2D eigenvalue weighted by atomic mass is 35.8. The van der Waals surface area contributed by atoms with Crippen LogP contribution in [0.2, 0.25) is 6.04 Å². The number of unbranched alkanes of at least 4 members (excludes halogenated alkanes) is 10. The fraction of sp³-hybridized carbons (Fsp3) is 1.00. The molecular weight excluding hydrogens is 326 g/mol. The van der Waals surface area contributed by atoms with Gasteiger partial charge in [0, 0.05) is 5.88 Å². The Hall–Kier alpha value is 1.38. The van der Waals surface area contributed by atoms with Gasteiger partial charge in [-0.05, 0) is 12.5 Å². The van der Waals surface area contributed by atoms with E-state index in [1.54, 1.807) is 0 Å². The van der Waals surface area contributed by atoms with Crippen LogP contribution in [-0.2, 0) is 0 Å². The second-order valence-electron chi connectivity index (χ2n) is 4.94. The molecule has 0 aromatic rings. The van der Waals surface area contributed by atoms with Gasteiger partial charge in [0.15, 0.2) is 0 Å². The molecule has 0 radical (unpaired) electrons. The lowest BCUT2D eigenvalue weighted by Gasteiger charge is -2.06. The molecule has 5 heteroatoms. The predicted octanol–water partition coefficient (Wildman–Crippen LogP) is 7.17. The molecule has 0 bridgehead atoms. The van der Waals surface area contributed by atoms with Crippen molar-refractivity contribution in [3.63, 3.8) is 0 Å². The van der Waals surface area contributed by atoms with E-state index in [2.05, 4.69) is 0 Å². The highest BCUT2D eigenvalue weighted by molar-refractivity contribution is 7.64. The Bertz CT molecular complexity index is 171. The van der Waals surface area contributed by atoms with Gasteiger partial charge in [-0.3, -0.25) is 0 Å². The zero-order valence-electron chi connectivity index (χ0n) is 11.2. The van der Waals surface area contributed by atoms with Crippen LogP contribution in [0.15, 0.2) is 0 Å². The minimum Gasteiger partial charge on any atom is -0.127 e. The Morgan fingerprint density at radius 3 is 1.17 bits per heavy atom. The van der Waals surface area contributed by atoms with Gasteiger partial charge >= 0.3 is 6.00 Å². The smallest absolute Gasteiger partial charge is 0.127 e. The van der Waals surface area contributed by atoms with Crippen LogP contribution in [0.4, 0.5) is 0 Å². The first-order valence-corrected chi connectivity index (χ1v) is 13.0. The topological polar surface area (TPSA) is 0 Å². The lowest BCUT2D eigenvalue weighted by atomic mass is 10.1. The van der Waals surface area contributed by atoms with Gasteiger partial charge in [-0.15, -0.1) is 44.8 Å². The molecule has 0 spiro atoms. The van der Waals surface area contributed by atoms with E-state index in [9.17, 15) is 0 Å². The Kier molecular flexibility index (Phi) is 14.4. The lowest BCUT2D eigenvalue weighted by Crippen LogP contribution is -2.07. The molecule has 0 fully saturated rings. The first-order chi connectivity index (χ1) is 8.56. The Morgan fingerprint density at radius 2 is 0.833 bits per heavy atom. The van der Waals surface area contributed by atoms with Crippen LogP contribution < -0.4 is 0 Å². The number of hydrogen-bond acceptors (Lipinski definition) is 0. The van der Waals surface area contributed by atoms with Crippen molar-refractivity contribution in [3.05, 3.63) is 0 Å². The van der Waals surface area contributed by atoms with Gasteiger partial charge in [-0.25, -0.2) is 0 Å². The van der Waals surface area contributed by atoms with Crippen molar-refractivity contribution in [1.82, 2.24) is 0 Å². The van der Waals surface area contributed by atoms with Crippen LogP contribution in [-0.4, -0.2) is 11.9 Å². The molecule has 0 unspecified atom stereocenters. The molecule has 0 atom stereocenters. The second kappa shape index (κ2) is 13.4. The molecule has 0 aliphatic carbocycles. The van der Waals surface area contributed by atoms with E-state index in [0.717, 1.165) is 18.3 Å². The third kappa shape index (κ3) is 17.4. The van der Waals surface area contributed by atoms with Gasteiger partial charge in [-0.1, -0.05) is 64.2 Å². The quantitative estimate of drug-likeness (QED) is 0.143. The van der Waals surface area contributed by atoms with Crippen LogP contribution in [0, 0.1) is 0 Å². The van der Waals surface area contributed by atoms with Gasteiger partial charge in [0.2, 0.25) is 0 Å². The zero-order valence-corrected chi connectivity index (χ0v) is 15.2. The van der Waals surface area contributed by atoms with Crippen molar-refractivity contribution in [2.75, 3.05) is 5.88 Å². The van der Waals surface area contributed by atoms with Crippen LogP contribution in [0.1, 0.15) is 70.6 Å².